The largest absolute Gasteiger partial charge is 0.329 e. The molecular weight excluding hydrogens is 256 g/mol. The molecule has 2 rings (SSSR count). The van der Waals surface area contributed by atoms with Crippen molar-refractivity contribution in [3.05, 3.63) is 39.9 Å². The van der Waals surface area contributed by atoms with Gasteiger partial charge in [0.2, 0.25) is 0 Å². The lowest BCUT2D eigenvalue weighted by Gasteiger charge is -2.05. The first kappa shape index (κ1) is 12.5. The summed E-state index contributed by atoms with van der Waals surface area (Å²) in [7, 11) is 0. The van der Waals surface area contributed by atoms with Gasteiger partial charge in [0, 0.05) is 4.88 Å². The SMILES string of the molecule is Cc1nc(Nc2ccc(C#N)c(F)c2F)sc1C. The third-order valence-electron chi connectivity index (χ3n) is 2.47. The van der Waals surface area contributed by atoms with Gasteiger partial charge >= 0.3 is 0 Å². The fourth-order valence-electron chi connectivity index (χ4n) is 1.37. The van der Waals surface area contributed by atoms with Crippen LogP contribution in [0.15, 0.2) is 12.1 Å². The molecular formula is C12H9F2N3S. The number of rotatable bonds is 2. The minimum absolute atomic E-state index is 0.0275. The van der Waals surface area contributed by atoms with E-state index in [1.807, 2.05) is 13.8 Å². The summed E-state index contributed by atoms with van der Waals surface area (Å²) < 4.78 is 27.0. The Kier molecular flexibility index (Phi) is 3.26. The lowest BCUT2D eigenvalue weighted by atomic mass is 10.2. The van der Waals surface area contributed by atoms with Crippen molar-refractivity contribution in [2.45, 2.75) is 13.8 Å². The summed E-state index contributed by atoms with van der Waals surface area (Å²) in [6, 6.07) is 4.14. The van der Waals surface area contributed by atoms with E-state index >= 15 is 0 Å². The van der Waals surface area contributed by atoms with Crippen LogP contribution in [0.2, 0.25) is 0 Å². The molecule has 0 aliphatic heterocycles. The number of nitrogens with one attached hydrogen (secondary N) is 1. The van der Waals surface area contributed by atoms with Gasteiger partial charge < -0.3 is 5.32 Å². The number of aryl methyl sites for hydroxylation is 2. The smallest absolute Gasteiger partial charge is 0.187 e. The molecule has 0 saturated heterocycles. The number of halogens is 2. The van der Waals surface area contributed by atoms with Crippen LogP contribution in [0.5, 0.6) is 0 Å². The number of hydrogen-bond donors (Lipinski definition) is 1. The molecule has 0 aliphatic rings. The number of anilines is 2. The van der Waals surface area contributed by atoms with Gasteiger partial charge in [-0.2, -0.15) is 5.26 Å². The Hall–Kier alpha value is -2.00. The molecule has 1 heterocycles. The quantitative estimate of drug-likeness (QED) is 0.901. The van der Waals surface area contributed by atoms with Gasteiger partial charge in [0.1, 0.15) is 6.07 Å². The second kappa shape index (κ2) is 4.70. The third-order valence-corrected chi connectivity index (χ3v) is 3.46. The summed E-state index contributed by atoms with van der Waals surface area (Å²) in [6.45, 7) is 3.74. The monoisotopic (exact) mass is 265 g/mol. The fraction of sp³-hybridized carbons (Fsp3) is 0.167. The molecule has 2 aromatic rings. The van der Waals surface area contributed by atoms with Crippen LogP contribution in [0.3, 0.4) is 0 Å². The molecule has 0 saturated carbocycles. The Labute approximate surface area is 107 Å². The number of nitrogens with zero attached hydrogens (tertiary/aromatic N) is 2. The fourth-order valence-corrected chi connectivity index (χ4v) is 2.20. The predicted octanol–water partition coefficient (Wildman–Crippen LogP) is 3.65. The van der Waals surface area contributed by atoms with Crippen molar-refractivity contribution in [1.29, 1.82) is 5.26 Å². The molecule has 3 nitrogen and oxygen atoms in total. The normalized spacial score (nSPS) is 10.2. The van der Waals surface area contributed by atoms with Gasteiger partial charge in [0.15, 0.2) is 16.8 Å². The van der Waals surface area contributed by atoms with Gasteiger partial charge in [-0.25, -0.2) is 13.8 Å². The molecule has 0 fully saturated rings. The number of benzene rings is 1. The minimum Gasteiger partial charge on any atom is -0.329 e. The Balaban J connectivity index is 2.36. The summed E-state index contributed by atoms with van der Waals surface area (Å²) in [4.78, 5) is 5.18. The maximum Gasteiger partial charge on any atom is 0.187 e. The van der Waals surface area contributed by atoms with Crippen LogP contribution in [0, 0.1) is 36.8 Å². The highest BCUT2D eigenvalue weighted by Gasteiger charge is 2.14. The van der Waals surface area contributed by atoms with E-state index in [0.717, 1.165) is 10.6 Å². The second-order valence-electron chi connectivity index (χ2n) is 3.69. The molecule has 0 aliphatic carbocycles. The van der Waals surface area contributed by atoms with E-state index in [1.54, 1.807) is 6.07 Å². The van der Waals surface area contributed by atoms with E-state index in [-0.39, 0.29) is 11.3 Å². The van der Waals surface area contributed by atoms with Crippen molar-refractivity contribution in [2.75, 3.05) is 5.32 Å². The molecule has 1 aromatic heterocycles. The van der Waals surface area contributed by atoms with Gasteiger partial charge in [-0.3, -0.25) is 0 Å². The zero-order valence-corrected chi connectivity index (χ0v) is 10.5. The highest BCUT2D eigenvalue weighted by Crippen LogP contribution is 2.27. The van der Waals surface area contributed by atoms with E-state index in [9.17, 15) is 8.78 Å². The van der Waals surface area contributed by atoms with Crippen molar-refractivity contribution in [1.82, 2.24) is 4.98 Å². The highest BCUT2D eigenvalue weighted by atomic mass is 32.1. The van der Waals surface area contributed by atoms with Gasteiger partial charge in [-0.05, 0) is 26.0 Å². The zero-order chi connectivity index (χ0) is 13.3. The summed E-state index contributed by atoms with van der Waals surface area (Å²) >= 11 is 1.36. The first-order valence-corrected chi connectivity index (χ1v) is 5.93. The van der Waals surface area contributed by atoms with Crippen molar-refractivity contribution >= 4 is 22.2 Å². The van der Waals surface area contributed by atoms with Gasteiger partial charge in [-0.1, -0.05) is 0 Å². The van der Waals surface area contributed by atoms with Crippen LogP contribution in [0.1, 0.15) is 16.1 Å². The Bertz CT molecular complexity index is 624. The zero-order valence-electron chi connectivity index (χ0n) is 9.71. The van der Waals surface area contributed by atoms with Crippen LogP contribution in [0.4, 0.5) is 19.6 Å². The molecule has 6 heteroatoms. The number of thiazole rings is 1. The first-order chi connectivity index (χ1) is 8.52. The molecule has 0 atom stereocenters. The lowest BCUT2D eigenvalue weighted by molar-refractivity contribution is 0.509. The summed E-state index contributed by atoms with van der Waals surface area (Å²) in [5, 5.41) is 11.8. The van der Waals surface area contributed by atoms with Crippen molar-refractivity contribution in [3.8, 4) is 6.07 Å². The van der Waals surface area contributed by atoms with Crippen molar-refractivity contribution in [3.63, 3.8) is 0 Å². The van der Waals surface area contributed by atoms with E-state index in [0.29, 0.717) is 5.13 Å². The van der Waals surface area contributed by atoms with Gasteiger partial charge in [0.05, 0.1) is 16.9 Å². The number of aromatic nitrogens is 1. The topological polar surface area (TPSA) is 48.7 Å². The second-order valence-corrected chi connectivity index (χ2v) is 4.89. The Morgan fingerprint density at radius 2 is 2.00 bits per heavy atom. The molecule has 0 radical (unpaired) electrons. The summed E-state index contributed by atoms with van der Waals surface area (Å²) in [5.41, 5.74) is 0.502. The van der Waals surface area contributed by atoms with E-state index in [2.05, 4.69) is 10.3 Å². The molecule has 0 spiro atoms. The van der Waals surface area contributed by atoms with E-state index in [4.69, 9.17) is 5.26 Å². The molecule has 0 amide bonds. The molecule has 1 aromatic carbocycles. The van der Waals surface area contributed by atoms with Crippen LogP contribution < -0.4 is 5.32 Å². The average Bonchev–Trinajstić information content (AvgIpc) is 2.65. The third kappa shape index (κ3) is 2.17. The molecule has 0 unspecified atom stereocenters. The Morgan fingerprint density at radius 1 is 1.28 bits per heavy atom. The van der Waals surface area contributed by atoms with Crippen molar-refractivity contribution in [2.24, 2.45) is 0 Å². The summed E-state index contributed by atoms with van der Waals surface area (Å²) in [6.07, 6.45) is 0. The standard InChI is InChI=1S/C12H9F2N3S/c1-6-7(2)18-12(16-6)17-9-4-3-8(5-15)10(13)11(9)14/h3-4H,1-2H3,(H,16,17). The van der Waals surface area contributed by atoms with Crippen LogP contribution in [0.25, 0.3) is 0 Å². The van der Waals surface area contributed by atoms with E-state index in [1.165, 1.54) is 23.5 Å². The molecule has 1 N–H and O–H groups in total. The highest BCUT2D eigenvalue weighted by molar-refractivity contribution is 7.15. The van der Waals surface area contributed by atoms with Gasteiger partial charge in [0.25, 0.3) is 0 Å². The minimum atomic E-state index is -1.15. The summed E-state index contributed by atoms with van der Waals surface area (Å²) in [5.74, 6) is -2.22. The van der Waals surface area contributed by atoms with E-state index < -0.39 is 11.6 Å². The van der Waals surface area contributed by atoms with Crippen LogP contribution in [-0.4, -0.2) is 4.98 Å². The van der Waals surface area contributed by atoms with Gasteiger partial charge in [-0.15, -0.1) is 11.3 Å². The van der Waals surface area contributed by atoms with Crippen molar-refractivity contribution < 1.29 is 8.78 Å². The Morgan fingerprint density at radius 3 is 2.56 bits per heavy atom. The van der Waals surface area contributed by atoms with Crippen LogP contribution in [-0.2, 0) is 0 Å². The maximum atomic E-state index is 13.6. The number of hydrogen-bond acceptors (Lipinski definition) is 4. The number of nitriles is 1. The molecule has 18 heavy (non-hydrogen) atoms. The predicted molar refractivity (Wildman–Crippen MR) is 65.9 cm³/mol. The maximum absolute atomic E-state index is 13.6. The lowest BCUT2D eigenvalue weighted by Crippen LogP contribution is -1.98. The average molecular weight is 265 g/mol. The first-order valence-electron chi connectivity index (χ1n) is 5.12. The van der Waals surface area contributed by atoms with Crippen LogP contribution >= 0.6 is 11.3 Å². The molecule has 0 bridgehead atoms. The molecule has 92 valence electrons.